The number of rotatable bonds is 7. The van der Waals surface area contributed by atoms with Gasteiger partial charge in [0.05, 0.1) is 24.3 Å². The molecule has 1 aromatic rings. The molecule has 5 nitrogen and oxygen atoms in total. The summed E-state index contributed by atoms with van der Waals surface area (Å²) >= 11 is 0. The number of nitrogens with one attached hydrogen (secondary N) is 2. The van der Waals surface area contributed by atoms with Crippen molar-refractivity contribution in [3.8, 4) is 0 Å². The van der Waals surface area contributed by atoms with E-state index in [1.165, 1.54) is 5.56 Å². The molecule has 1 heterocycles. The summed E-state index contributed by atoms with van der Waals surface area (Å²) in [5.41, 5.74) is 0.842. The molecule has 1 saturated heterocycles. The minimum Gasteiger partial charge on any atom is -0.395 e. The fourth-order valence-corrected chi connectivity index (χ4v) is 3.27. The third-order valence-corrected chi connectivity index (χ3v) is 4.65. The number of aliphatic hydroxyl groups is 2. The predicted molar refractivity (Wildman–Crippen MR) is 90.0 cm³/mol. The van der Waals surface area contributed by atoms with E-state index in [2.05, 4.69) is 22.8 Å². The van der Waals surface area contributed by atoms with Crippen LogP contribution in [0.3, 0.4) is 0 Å². The van der Waals surface area contributed by atoms with Gasteiger partial charge in [-0.05, 0) is 31.2 Å². The molecule has 1 aromatic carbocycles. The third-order valence-electron chi connectivity index (χ3n) is 4.65. The van der Waals surface area contributed by atoms with Gasteiger partial charge in [0.25, 0.3) is 0 Å². The molecule has 128 valence electrons. The molecule has 23 heavy (non-hydrogen) atoms. The van der Waals surface area contributed by atoms with Gasteiger partial charge in [0, 0.05) is 13.0 Å². The van der Waals surface area contributed by atoms with Crippen molar-refractivity contribution >= 4 is 5.91 Å². The summed E-state index contributed by atoms with van der Waals surface area (Å²) in [7, 11) is 0. The first-order valence-corrected chi connectivity index (χ1v) is 8.46. The molecule has 0 bridgehead atoms. The van der Waals surface area contributed by atoms with Crippen LogP contribution in [-0.4, -0.2) is 47.0 Å². The summed E-state index contributed by atoms with van der Waals surface area (Å²) in [6, 6.07) is 9.96. The number of amides is 1. The number of aliphatic hydroxyl groups excluding tert-OH is 2. The van der Waals surface area contributed by atoms with Crippen LogP contribution in [0.2, 0.25) is 0 Å². The molecule has 4 N–H and O–H groups in total. The molecular weight excluding hydrogens is 292 g/mol. The van der Waals surface area contributed by atoms with Gasteiger partial charge in [-0.3, -0.25) is 4.79 Å². The first-order valence-electron chi connectivity index (χ1n) is 8.46. The van der Waals surface area contributed by atoms with E-state index in [0.29, 0.717) is 19.4 Å². The SMILES string of the molecule is CCC(=O)N[C@@]1(CCCc2ccccc2)CN[C@H](CO)[C@@H](O)C1. The van der Waals surface area contributed by atoms with Crippen LogP contribution >= 0.6 is 0 Å². The molecule has 5 heteroatoms. The molecule has 3 atom stereocenters. The number of hydrogen-bond acceptors (Lipinski definition) is 4. The van der Waals surface area contributed by atoms with Crippen LogP contribution in [0.1, 0.15) is 38.2 Å². The zero-order chi connectivity index (χ0) is 16.7. The topological polar surface area (TPSA) is 81.6 Å². The summed E-state index contributed by atoms with van der Waals surface area (Å²) in [4.78, 5) is 11.9. The highest BCUT2D eigenvalue weighted by atomic mass is 16.3. The van der Waals surface area contributed by atoms with Crippen LogP contribution in [0.5, 0.6) is 0 Å². The average molecular weight is 320 g/mol. The lowest BCUT2D eigenvalue weighted by Crippen LogP contribution is -2.65. The van der Waals surface area contributed by atoms with Gasteiger partial charge in [-0.15, -0.1) is 0 Å². The second-order valence-electron chi connectivity index (χ2n) is 6.46. The summed E-state index contributed by atoms with van der Waals surface area (Å²) in [5, 5.41) is 25.8. The second-order valence-corrected chi connectivity index (χ2v) is 6.46. The minimum absolute atomic E-state index is 0.00107. The molecule has 1 aliphatic rings. The molecule has 0 aromatic heterocycles. The van der Waals surface area contributed by atoms with Crippen LogP contribution < -0.4 is 10.6 Å². The fourth-order valence-electron chi connectivity index (χ4n) is 3.27. The van der Waals surface area contributed by atoms with Gasteiger partial charge in [0.1, 0.15) is 0 Å². The zero-order valence-electron chi connectivity index (χ0n) is 13.8. The average Bonchev–Trinajstić information content (AvgIpc) is 2.56. The van der Waals surface area contributed by atoms with Crippen LogP contribution in [0.4, 0.5) is 0 Å². The van der Waals surface area contributed by atoms with Crippen molar-refractivity contribution in [1.29, 1.82) is 0 Å². The first kappa shape index (κ1) is 17.9. The summed E-state index contributed by atoms with van der Waals surface area (Å²) in [6.45, 7) is 2.31. The number of aryl methyl sites for hydroxylation is 1. The van der Waals surface area contributed by atoms with Crippen molar-refractivity contribution in [2.45, 2.75) is 56.7 Å². The molecule has 0 saturated carbocycles. The Labute approximate surface area is 138 Å². The van der Waals surface area contributed by atoms with Gasteiger partial charge in [-0.2, -0.15) is 0 Å². The van der Waals surface area contributed by atoms with E-state index in [4.69, 9.17) is 0 Å². The van der Waals surface area contributed by atoms with Gasteiger partial charge in [0.15, 0.2) is 0 Å². The highest BCUT2D eigenvalue weighted by Crippen LogP contribution is 2.26. The van der Waals surface area contributed by atoms with Crippen LogP contribution in [-0.2, 0) is 11.2 Å². The highest BCUT2D eigenvalue weighted by molar-refractivity contribution is 5.76. The Hall–Kier alpha value is -1.43. The highest BCUT2D eigenvalue weighted by Gasteiger charge is 2.40. The Bertz CT molecular complexity index is 494. The number of piperidine rings is 1. The summed E-state index contributed by atoms with van der Waals surface area (Å²) < 4.78 is 0. The summed E-state index contributed by atoms with van der Waals surface area (Å²) in [5.74, 6) is 0.00107. The van der Waals surface area contributed by atoms with Crippen molar-refractivity contribution in [3.63, 3.8) is 0 Å². The normalized spacial score (nSPS) is 27.6. The molecule has 1 amide bonds. The van der Waals surface area contributed by atoms with E-state index in [1.54, 1.807) is 0 Å². The van der Waals surface area contributed by atoms with Crippen molar-refractivity contribution < 1.29 is 15.0 Å². The lowest BCUT2D eigenvalue weighted by molar-refractivity contribution is -0.123. The Balaban J connectivity index is 1.98. The van der Waals surface area contributed by atoms with Crippen molar-refractivity contribution in [2.24, 2.45) is 0 Å². The van der Waals surface area contributed by atoms with Crippen molar-refractivity contribution in [1.82, 2.24) is 10.6 Å². The molecule has 0 aliphatic carbocycles. The van der Waals surface area contributed by atoms with E-state index in [0.717, 1.165) is 19.3 Å². The maximum Gasteiger partial charge on any atom is 0.220 e. The molecular formula is C18H28N2O3. The monoisotopic (exact) mass is 320 g/mol. The maximum absolute atomic E-state index is 11.9. The largest absolute Gasteiger partial charge is 0.395 e. The Morgan fingerprint density at radius 3 is 2.74 bits per heavy atom. The zero-order valence-corrected chi connectivity index (χ0v) is 13.8. The first-order chi connectivity index (χ1) is 11.1. The molecule has 0 spiro atoms. The van der Waals surface area contributed by atoms with Crippen molar-refractivity contribution in [2.75, 3.05) is 13.2 Å². The van der Waals surface area contributed by atoms with Crippen LogP contribution in [0, 0.1) is 0 Å². The molecule has 0 unspecified atom stereocenters. The molecule has 1 fully saturated rings. The van der Waals surface area contributed by atoms with Gasteiger partial charge in [0.2, 0.25) is 5.91 Å². The Morgan fingerprint density at radius 1 is 1.39 bits per heavy atom. The van der Waals surface area contributed by atoms with E-state index in [9.17, 15) is 15.0 Å². The third kappa shape index (κ3) is 5.03. The quantitative estimate of drug-likeness (QED) is 0.604. The number of benzene rings is 1. The van der Waals surface area contributed by atoms with Crippen LogP contribution in [0.25, 0.3) is 0 Å². The van der Waals surface area contributed by atoms with Crippen LogP contribution in [0.15, 0.2) is 30.3 Å². The molecule has 0 radical (unpaired) electrons. The number of carbonyl (C=O) groups is 1. The second kappa shape index (κ2) is 8.43. The van der Waals surface area contributed by atoms with E-state index < -0.39 is 11.6 Å². The van der Waals surface area contributed by atoms with Gasteiger partial charge in [-0.25, -0.2) is 0 Å². The minimum atomic E-state index is -0.650. The standard InChI is InChI=1S/C18H28N2O3/c1-2-17(23)20-18(11-16(22)15(12-21)19-13-18)10-6-9-14-7-4-3-5-8-14/h3-5,7-8,15-16,19,21-22H,2,6,9-13H2,1H3,(H,20,23)/t15-,16+,18-/m1/s1. The molecule has 1 aliphatic heterocycles. The maximum atomic E-state index is 11.9. The van der Waals surface area contributed by atoms with E-state index >= 15 is 0 Å². The summed E-state index contributed by atoms with van der Waals surface area (Å²) in [6.07, 6.45) is 2.94. The lowest BCUT2D eigenvalue weighted by Gasteiger charge is -2.44. The number of carbonyl (C=O) groups excluding carboxylic acids is 1. The van der Waals surface area contributed by atoms with Gasteiger partial charge in [-0.1, -0.05) is 37.3 Å². The van der Waals surface area contributed by atoms with Crippen molar-refractivity contribution in [3.05, 3.63) is 35.9 Å². The Kier molecular flexibility index (Phi) is 6.57. The van der Waals surface area contributed by atoms with E-state index in [1.807, 2.05) is 25.1 Å². The predicted octanol–water partition coefficient (Wildman–Crippen LogP) is 0.989. The molecule has 2 rings (SSSR count). The lowest BCUT2D eigenvalue weighted by atomic mass is 9.80. The van der Waals surface area contributed by atoms with E-state index in [-0.39, 0.29) is 18.6 Å². The Morgan fingerprint density at radius 2 is 2.13 bits per heavy atom. The fraction of sp³-hybridized carbons (Fsp3) is 0.611. The van der Waals surface area contributed by atoms with Gasteiger partial charge < -0.3 is 20.8 Å². The van der Waals surface area contributed by atoms with Gasteiger partial charge >= 0.3 is 0 Å². The number of hydrogen-bond donors (Lipinski definition) is 4. The smallest absolute Gasteiger partial charge is 0.220 e.